The van der Waals surface area contributed by atoms with Crippen LogP contribution in [-0.4, -0.2) is 22.9 Å². The molecule has 1 unspecified atom stereocenters. The highest BCUT2D eigenvalue weighted by atomic mass is 35.5. The van der Waals surface area contributed by atoms with Crippen LogP contribution in [0.5, 0.6) is 5.75 Å². The van der Waals surface area contributed by atoms with Gasteiger partial charge in [-0.3, -0.25) is 4.79 Å². The SMILES string of the molecule is Cc1ccc(C(=O)NC(CCCl)C(C)(C)C)c(O)c1. The van der Waals surface area contributed by atoms with Crippen molar-refractivity contribution in [3.63, 3.8) is 0 Å². The first-order valence-electron chi connectivity index (χ1n) is 6.42. The van der Waals surface area contributed by atoms with Gasteiger partial charge in [-0.2, -0.15) is 0 Å². The molecule has 0 bridgehead atoms. The first-order chi connectivity index (χ1) is 8.75. The van der Waals surface area contributed by atoms with Gasteiger partial charge in [0.15, 0.2) is 0 Å². The first kappa shape index (κ1) is 15.8. The monoisotopic (exact) mass is 283 g/mol. The van der Waals surface area contributed by atoms with Crippen LogP contribution in [0.3, 0.4) is 0 Å². The Hall–Kier alpha value is -1.22. The molecule has 1 aromatic carbocycles. The van der Waals surface area contributed by atoms with Gasteiger partial charge in [0.05, 0.1) is 5.56 Å². The number of benzene rings is 1. The van der Waals surface area contributed by atoms with E-state index < -0.39 is 0 Å². The zero-order valence-electron chi connectivity index (χ0n) is 12.0. The van der Waals surface area contributed by atoms with E-state index in [0.717, 1.165) is 5.56 Å². The Labute approximate surface area is 120 Å². The third-order valence-electron chi connectivity index (χ3n) is 3.15. The van der Waals surface area contributed by atoms with Gasteiger partial charge in [0, 0.05) is 11.9 Å². The van der Waals surface area contributed by atoms with Crippen LogP contribution in [0, 0.1) is 12.3 Å². The molecule has 0 aliphatic rings. The smallest absolute Gasteiger partial charge is 0.255 e. The minimum atomic E-state index is -0.262. The molecule has 0 radical (unpaired) electrons. The standard InChI is InChI=1S/C15H22ClNO2/c1-10-5-6-11(12(18)9-10)14(19)17-13(7-8-16)15(2,3)4/h5-6,9,13,18H,7-8H2,1-4H3,(H,17,19). The number of hydrogen-bond donors (Lipinski definition) is 2. The molecular formula is C15H22ClNO2. The predicted molar refractivity (Wildman–Crippen MR) is 78.9 cm³/mol. The second-order valence-corrected chi connectivity index (χ2v) is 6.27. The first-order valence-corrected chi connectivity index (χ1v) is 6.95. The van der Waals surface area contributed by atoms with Gasteiger partial charge in [-0.1, -0.05) is 26.8 Å². The van der Waals surface area contributed by atoms with Gasteiger partial charge in [0.1, 0.15) is 5.75 Å². The summed E-state index contributed by atoms with van der Waals surface area (Å²) in [5, 5.41) is 12.8. The van der Waals surface area contributed by atoms with Crippen molar-refractivity contribution in [3.05, 3.63) is 29.3 Å². The lowest BCUT2D eigenvalue weighted by atomic mass is 9.85. The number of carbonyl (C=O) groups is 1. The Morgan fingerprint density at radius 3 is 2.53 bits per heavy atom. The maximum atomic E-state index is 12.2. The molecule has 3 nitrogen and oxygen atoms in total. The van der Waals surface area contributed by atoms with Crippen molar-refractivity contribution >= 4 is 17.5 Å². The highest BCUT2D eigenvalue weighted by Crippen LogP contribution is 2.24. The molecule has 1 rings (SSSR count). The molecule has 2 N–H and O–H groups in total. The largest absolute Gasteiger partial charge is 0.507 e. The summed E-state index contributed by atoms with van der Waals surface area (Å²) >= 11 is 5.78. The zero-order chi connectivity index (χ0) is 14.6. The van der Waals surface area contributed by atoms with Gasteiger partial charge in [0.25, 0.3) is 5.91 Å². The van der Waals surface area contributed by atoms with Crippen LogP contribution in [0.4, 0.5) is 0 Å². The molecule has 0 saturated carbocycles. The Morgan fingerprint density at radius 2 is 2.05 bits per heavy atom. The summed E-state index contributed by atoms with van der Waals surface area (Å²) in [5.74, 6) is 0.237. The van der Waals surface area contributed by atoms with Gasteiger partial charge >= 0.3 is 0 Å². The molecule has 0 fully saturated rings. The molecular weight excluding hydrogens is 262 g/mol. The number of aromatic hydroxyl groups is 1. The molecule has 0 aliphatic heterocycles. The molecule has 0 saturated heterocycles. The van der Waals surface area contributed by atoms with E-state index in [1.807, 2.05) is 13.0 Å². The molecule has 0 aromatic heterocycles. The second kappa shape index (κ2) is 6.29. The van der Waals surface area contributed by atoms with E-state index in [1.165, 1.54) is 0 Å². The maximum absolute atomic E-state index is 12.2. The zero-order valence-corrected chi connectivity index (χ0v) is 12.7. The topological polar surface area (TPSA) is 49.3 Å². The molecule has 19 heavy (non-hydrogen) atoms. The molecule has 0 heterocycles. The lowest BCUT2D eigenvalue weighted by molar-refractivity contribution is 0.0898. The number of phenolic OH excluding ortho intramolecular Hbond substituents is 1. The number of halogens is 1. The average molecular weight is 284 g/mol. The van der Waals surface area contributed by atoms with E-state index in [1.54, 1.807) is 12.1 Å². The fourth-order valence-corrected chi connectivity index (χ4v) is 2.12. The fourth-order valence-electron chi connectivity index (χ4n) is 1.90. The summed E-state index contributed by atoms with van der Waals surface area (Å²) in [4.78, 5) is 12.2. The lowest BCUT2D eigenvalue weighted by Gasteiger charge is -2.31. The summed E-state index contributed by atoms with van der Waals surface area (Å²) in [7, 11) is 0. The summed E-state index contributed by atoms with van der Waals surface area (Å²) in [6, 6.07) is 5.00. The van der Waals surface area contributed by atoms with Crippen LogP contribution in [0.15, 0.2) is 18.2 Å². The molecule has 1 aromatic rings. The van der Waals surface area contributed by atoms with Gasteiger partial charge in [-0.25, -0.2) is 0 Å². The number of hydrogen-bond acceptors (Lipinski definition) is 2. The van der Waals surface area contributed by atoms with E-state index in [0.29, 0.717) is 17.9 Å². The van der Waals surface area contributed by atoms with Crippen molar-refractivity contribution in [1.82, 2.24) is 5.32 Å². The quantitative estimate of drug-likeness (QED) is 0.831. The van der Waals surface area contributed by atoms with Crippen molar-refractivity contribution in [2.45, 2.75) is 40.2 Å². The molecule has 1 amide bonds. The van der Waals surface area contributed by atoms with Gasteiger partial charge in [-0.15, -0.1) is 11.6 Å². The highest BCUT2D eigenvalue weighted by Gasteiger charge is 2.26. The van der Waals surface area contributed by atoms with Crippen molar-refractivity contribution < 1.29 is 9.90 Å². The highest BCUT2D eigenvalue weighted by molar-refractivity contribution is 6.17. The minimum absolute atomic E-state index is 0.0102. The summed E-state index contributed by atoms with van der Waals surface area (Å²) in [6.45, 7) is 8.03. The maximum Gasteiger partial charge on any atom is 0.255 e. The number of alkyl halides is 1. The summed E-state index contributed by atoms with van der Waals surface area (Å²) < 4.78 is 0. The van der Waals surface area contributed by atoms with E-state index in [2.05, 4.69) is 26.1 Å². The van der Waals surface area contributed by atoms with Crippen molar-refractivity contribution in [3.8, 4) is 5.75 Å². The third kappa shape index (κ3) is 4.43. The van der Waals surface area contributed by atoms with Crippen LogP contribution in [0.25, 0.3) is 0 Å². The van der Waals surface area contributed by atoms with Crippen molar-refractivity contribution in [2.24, 2.45) is 5.41 Å². The number of aryl methyl sites for hydroxylation is 1. The average Bonchev–Trinajstić information content (AvgIpc) is 2.26. The second-order valence-electron chi connectivity index (χ2n) is 5.89. The van der Waals surface area contributed by atoms with Crippen LogP contribution in [-0.2, 0) is 0 Å². The molecule has 0 spiro atoms. The normalized spacial score (nSPS) is 13.1. The van der Waals surface area contributed by atoms with Crippen LogP contribution in [0.1, 0.15) is 43.1 Å². The van der Waals surface area contributed by atoms with E-state index >= 15 is 0 Å². The van der Waals surface area contributed by atoms with Gasteiger partial charge in [0.2, 0.25) is 0 Å². The van der Waals surface area contributed by atoms with Crippen LogP contribution in [0.2, 0.25) is 0 Å². The molecule has 106 valence electrons. The Kier molecular flexibility index (Phi) is 5.24. The van der Waals surface area contributed by atoms with Crippen molar-refractivity contribution in [1.29, 1.82) is 0 Å². The summed E-state index contributed by atoms with van der Waals surface area (Å²) in [5.41, 5.74) is 1.14. The Bertz CT molecular complexity index is 452. The number of amides is 1. The number of rotatable bonds is 4. The number of carbonyl (C=O) groups excluding carboxylic acids is 1. The number of nitrogens with one attached hydrogen (secondary N) is 1. The molecule has 0 aliphatic carbocycles. The van der Waals surface area contributed by atoms with Crippen LogP contribution >= 0.6 is 11.6 Å². The Morgan fingerprint density at radius 1 is 1.42 bits per heavy atom. The van der Waals surface area contributed by atoms with E-state index in [-0.39, 0.29) is 23.1 Å². The van der Waals surface area contributed by atoms with Gasteiger partial charge in [-0.05, 0) is 36.5 Å². The third-order valence-corrected chi connectivity index (χ3v) is 3.36. The summed E-state index contributed by atoms with van der Waals surface area (Å²) in [6.07, 6.45) is 0.698. The van der Waals surface area contributed by atoms with Gasteiger partial charge < -0.3 is 10.4 Å². The lowest BCUT2D eigenvalue weighted by Crippen LogP contribution is -2.44. The fraction of sp³-hybridized carbons (Fsp3) is 0.533. The van der Waals surface area contributed by atoms with E-state index in [9.17, 15) is 9.90 Å². The Balaban J connectivity index is 2.88. The van der Waals surface area contributed by atoms with Crippen LogP contribution < -0.4 is 5.32 Å². The van der Waals surface area contributed by atoms with Crippen molar-refractivity contribution in [2.75, 3.05) is 5.88 Å². The molecule has 1 atom stereocenters. The molecule has 4 heteroatoms. The van der Waals surface area contributed by atoms with E-state index in [4.69, 9.17) is 11.6 Å². The predicted octanol–water partition coefficient (Wildman–Crippen LogP) is 3.47. The number of phenols is 1. The minimum Gasteiger partial charge on any atom is -0.507 e.